The quantitative estimate of drug-likeness (QED) is 0.220. The lowest BCUT2D eigenvalue weighted by Crippen LogP contribution is -2.23. The average molecular weight is 558 g/mol. The van der Waals surface area contributed by atoms with Crippen molar-refractivity contribution in [3.63, 3.8) is 0 Å². The number of benzene rings is 3. The molecule has 4 aromatic rings. The van der Waals surface area contributed by atoms with Crippen LogP contribution in [0, 0.1) is 11.6 Å². The number of nitrogens with zero attached hydrogens (tertiary/aromatic N) is 2. The van der Waals surface area contributed by atoms with E-state index in [1.165, 1.54) is 30.0 Å². The summed E-state index contributed by atoms with van der Waals surface area (Å²) in [6.07, 6.45) is 1.74. The van der Waals surface area contributed by atoms with Crippen LogP contribution in [0.3, 0.4) is 0 Å². The predicted octanol–water partition coefficient (Wildman–Crippen LogP) is 9.38. The third-order valence-corrected chi connectivity index (χ3v) is 7.94. The van der Waals surface area contributed by atoms with Crippen LogP contribution in [0.1, 0.15) is 30.7 Å². The van der Waals surface area contributed by atoms with E-state index in [0.717, 1.165) is 11.3 Å². The van der Waals surface area contributed by atoms with Crippen molar-refractivity contribution < 1.29 is 8.78 Å². The van der Waals surface area contributed by atoms with Crippen LogP contribution in [0.2, 0.25) is 20.1 Å². The highest BCUT2D eigenvalue weighted by molar-refractivity contribution is 7.98. The number of hydrogen-bond donors (Lipinski definition) is 0. The second-order valence-corrected chi connectivity index (χ2v) is 10.7. The normalized spacial score (nSPS) is 11.8. The first kappa shape index (κ1) is 25.3. The van der Waals surface area contributed by atoms with E-state index >= 15 is 0 Å². The fourth-order valence-electron chi connectivity index (χ4n) is 3.59. The Morgan fingerprint density at radius 1 is 0.853 bits per heavy atom. The van der Waals surface area contributed by atoms with E-state index in [4.69, 9.17) is 46.4 Å². The van der Waals surface area contributed by atoms with Gasteiger partial charge in [0.05, 0.1) is 27.0 Å². The molecule has 0 saturated heterocycles. The molecule has 2 nitrogen and oxygen atoms in total. The minimum absolute atomic E-state index is 0.0161. The van der Waals surface area contributed by atoms with Gasteiger partial charge in [0, 0.05) is 27.4 Å². The van der Waals surface area contributed by atoms with Gasteiger partial charge in [-0.05, 0) is 48.0 Å². The molecule has 0 N–H and O–H groups in total. The zero-order chi connectivity index (χ0) is 24.6. The summed E-state index contributed by atoms with van der Waals surface area (Å²) >= 11 is 26.0. The van der Waals surface area contributed by atoms with E-state index < -0.39 is 11.2 Å². The smallest absolute Gasteiger partial charge is 0.173 e. The molecule has 0 fully saturated rings. The van der Waals surface area contributed by atoms with Crippen molar-refractivity contribution in [3.05, 3.63) is 109 Å². The molecule has 0 radical (unpaired) electrons. The first-order valence-electron chi connectivity index (χ1n) is 10.1. The molecular formula is C25H18Cl4F2N2S. The number of hydrogen-bond acceptors (Lipinski definition) is 2. The van der Waals surface area contributed by atoms with Gasteiger partial charge in [0.15, 0.2) is 5.16 Å². The van der Waals surface area contributed by atoms with Crippen molar-refractivity contribution in [2.45, 2.75) is 30.2 Å². The Morgan fingerprint density at radius 2 is 1.62 bits per heavy atom. The van der Waals surface area contributed by atoms with Gasteiger partial charge in [-0.1, -0.05) is 84.1 Å². The van der Waals surface area contributed by atoms with Crippen molar-refractivity contribution >= 4 is 58.2 Å². The van der Waals surface area contributed by atoms with Gasteiger partial charge >= 0.3 is 0 Å². The number of thioether (sulfide) groups is 1. The molecular weight excluding hydrogens is 540 g/mol. The maximum Gasteiger partial charge on any atom is 0.173 e. The first-order valence-corrected chi connectivity index (χ1v) is 12.6. The number of aromatic nitrogens is 2. The van der Waals surface area contributed by atoms with E-state index in [2.05, 4.69) is 4.98 Å². The van der Waals surface area contributed by atoms with Gasteiger partial charge in [-0.25, -0.2) is 13.8 Å². The summed E-state index contributed by atoms with van der Waals surface area (Å²) in [6.45, 7) is 4.04. The molecule has 0 aliphatic carbocycles. The van der Waals surface area contributed by atoms with E-state index in [0.29, 0.717) is 31.5 Å². The Hall–Kier alpha value is -1.76. The molecule has 0 saturated carbocycles. The SMILES string of the molecule is CC(C)(c1ccc(Cl)c(Cl)c1)c1cnc(SCc2c(F)cccc2Cl)n1-c1ccc(F)c(Cl)c1. The summed E-state index contributed by atoms with van der Waals surface area (Å²) in [7, 11) is 0. The molecule has 1 aromatic heterocycles. The number of halogens is 6. The number of rotatable bonds is 6. The lowest BCUT2D eigenvalue weighted by Gasteiger charge is -2.28. The van der Waals surface area contributed by atoms with Gasteiger partial charge in [0.25, 0.3) is 0 Å². The van der Waals surface area contributed by atoms with Crippen LogP contribution in [0.4, 0.5) is 8.78 Å². The Bertz CT molecular complexity index is 1350. The van der Waals surface area contributed by atoms with E-state index in [1.54, 1.807) is 30.5 Å². The molecule has 0 aliphatic rings. The average Bonchev–Trinajstić information content (AvgIpc) is 3.22. The molecule has 34 heavy (non-hydrogen) atoms. The molecule has 0 amide bonds. The van der Waals surface area contributed by atoms with E-state index in [9.17, 15) is 8.78 Å². The fraction of sp³-hybridized carbons (Fsp3) is 0.160. The topological polar surface area (TPSA) is 17.8 Å². The second kappa shape index (κ2) is 10.1. The molecule has 3 aromatic carbocycles. The van der Waals surface area contributed by atoms with Crippen LogP contribution in [0.5, 0.6) is 0 Å². The third-order valence-electron chi connectivity index (χ3n) is 5.58. The molecule has 1 heterocycles. The number of imidazole rings is 1. The highest BCUT2D eigenvalue weighted by atomic mass is 35.5. The Balaban J connectivity index is 1.83. The molecule has 0 bridgehead atoms. The minimum atomic E-state index is -0.573. The van der Waals surface area contributed by atoms with Gasteiger partial charge < -0.3 is 0 Å². The van der Waals surface area contributed by atoms with E-state index in [1.807, 2.05) is 30.5 Å². The minimum Gasteiger partial charge on any atom is -0.291 e. The van der Waals surface area contributed by atoms with Crippen molar-refractivity contribution in [3.8, 4) is 5.69 Å². The van der Waals surface area contributed by atoms with Crippen LogP contribution < -0.4 is 0 Å². The van der Waals surface area contributed by atoms with Gasteiger partial charge in [-0.15, -0.1) is 0 Å². The largest absolute Gasteiger partial charge is 0.291 e. The fourth-order valence-corrected chi connectivity index (χ4v) is 5.40. The van der Waals surface area contributed by atoms with Crippen molar-refractivity contribution in [1.29, 1.82) is 0 Å². The van der Waals surface area contributed by atoms with Gasteiger partial charge in [-0.2, -0.15) is 0 Å². The summed E-state index contributed by atoms with van der Waals surface area (Å²) in [6, 6.07) is 14.5. The standard InChI is InChI=1S/C25H18Cl4F2N2S/c1-25(2,14-6-8-18(27)19(28)10-14)23-12-32-24(33(23)15-7-9-22(31)20(29)11-15)34-13-16-17(26)4-3-5-21(16)30/h3-12H,13H2,1-2H3. The van der Waals surface area contributed by atoms with E-state index in [-0.39, 0.29) is 16.6 Å². The van der Waals surface area contributed by atoms with Crippen LogP contribution in [0.25, 0.3) is 5.69 Å². The van der Waals surface area contributed by atoms with Crippen LogP contribution in [0.15, 0.2) is 66.0 Å². The van der Waals surface area contributed by atoms with Crippen LogP contribution >= 0.6 is 58.2 Å². The monoisotopic (exact) mass is 556 g/mol. The molecule has 4 rings (SSSR count). The summed E-state index contributed by atoms with van der Waals surface area (Å²) in [5, 5.41) is 1.79. The predicted molar refractivity (Wildman–Crippen MR) is 138 cm³/mol. The third kappa shape index (κ3) is 4.95. The van der Waals surface area contributed by atoms with Gasteiger partial charge in [0.2, 0.25) is 0 Å². The molecule has 9 heteroatoms. The van der Waals surface area contributed by atoms with Crippen molar-refractivity contribution in [2.75, 3.05) is 0 Å². The summed E-state index contributed by atoms with van der Waals surface area (Å²) in [5.41, 5.74) is 2.14. The lowest BCUT2D eigenvalue weighted by molar-refractivity contribution is 0.591. The summed E-state index contributed by atoms with van der Waals surface area (Å²) in [5.74, 6) is -0.660. The molecule has 0 spiro atoms. The highest BCUT2D eigenvalue weighted by Crippen LogP contribution is 2.39. The first-order chi connectivity index (χ1) is 16.1. The van der Waals surface area contributed by atoms with Gasteiger partial charge in [0.1, 0.15) is 11.6 Å². The summed E-state index contributed by atoms with van der Waals surface area (Å²) in [4.78, 5) is 4.62. The zero-order valence-corrected chi connectivity index (χ0v) is 21.9. The maximum absolute atomic E-state index is 14.4. The maximum atomic E-state index is 14.4. The molecule has 176 valence electrons. The Labute approximate surface area is 220 Å². The summed E-state index contributed by atoms with van der Waals surface area (Å²) < 4.78 is 30.2. The molecule has 0 aliphatic heterocycles. The van der Waals surface area contributed by atoms with Crippen molar-refractivity contribution in [2.24, 2.45) is 0 Å². The van der Waals surface area contributed by atoms with Crippen molar-refractivity contribution in [1.82, 2.24) is 9.55 Å². The zero-order valence-electron chi connectivity index (χ0n) is 18.1. The Kier molecular flexibility index (Phi) is 7.51. The Morgan fingerprint density at radius 3 is 2.29 bits per heavy atom. The highest BCUT2D eigenvalue weighted by Gasteiger charge is 2.30. The van der Waals surface area contributed by atoms with Crippen LogP contribution in [-0.4, -0.2) is 9.55 Å². The van der Waals surface area contributed by atoms with Crippen LogP contribution in [-0.2, 0) is 11.2 Å². The van der Waals surface area contributed by atoms with Gasteiger partial charge in [-0.3, -0.25) is 4.57 Å². The second-order valence-electron chi connectivity index (χ2n) is 8.10. The lowest BCUT2D eigenvalue weighted by atomic mass is 9.81. The molecule has 0 atom stereocenters. The molecule has 0 unspecified atom stereocenters.